The molecule has 0 spiro atoms. The van der Waals surface area contributed by atoms with Crippen LogP contribution in [0.4, 0.5) is 5.82 Å². The van der Waals surface area contributed by atoms with Crippen LogP contribution in [0.3, 0.4) is 0 Å². The monoisotopic (exact) mass is 205 g/mol. The summed E-state index contributed by atoms with van der Waals surface area (Å²) >= 11 is 0. The summed E-state index contributed by atoms with van der Waals surface area (Å²) in [4.78, 5) is 10.1. The second-order valence-electron chi connectivity index (χ2n) is 3.59. The van der Waals surface area contributed by atoms with E-state index in [0.29, 0.717) is 17.6 Å². The third-order valence-electron chi connectivity index (χ3n) is 2.23. The Labute approximate surface area is 89.8 Å². The molecule has 5 nitrogen and oxygen atoms in total. The first-order chi connectivity index (χ1) is 7.13. The van der Waals surface area contributed by atoms with Gasteiger partial charge in [-0.3, -0.25) is 0 Å². The van der Waals surface area contributed by atoms with Gasteiger partial charge in [-0.15, -0.1) is 0 Å². The molecule has 15 heavy (non-hydrogen) atoms. The Kier molecular flexibility index (Phi) is 4.01. The molecule has 0 aromatic carbocycles. The summed E-state index contributed by atoms with van der Waals surface area (Å²) in [6.45, 7) is 2.91. The molecule has 1 rings (SSSR count). The Morgan fingerprint density at radius 3 is 2.67 bits per heavy atom. The lowest BCUT2D eigenvalue weighted by atomic mass is 10.3. The highest BCUT2D eigenvalue weighted by Crippen LogP contribution is 2.01. The summed E-state index contributed by atoms with van der Waals surface area (Å²) < 4.78 is 0. The van der Waals surface area contributed by atoms with Crippen molar-refractivity contribution in [2.45, 2.75) is 13.0 Å². The Bertz CT molecular complexity index is 338. The van der Waals surface area contributed by atoms with Crippen molar-refractivity contribution < 1.29 is 0 Å². The first-order valence-electron chi connectivity index (χ1n) is 4.76. The minimum Gasteiger partial charge on any atom is -0.367 e. The van der Waals surface area contributed by atoms with Crippen molar-refractivity contribution in [3.05, 3.63) is 18.1 Å². The molecule has 0 aliphatic heterocycles. The van der Waals surface area contributed by atoms with E-state index in [1.807, 2.05) is 20.2 Å². The number of hydrogen-bond acceptors (Lipinski definition) is 5. The number of nitriles is 1. The summed E-state index contributed by atoms with van der Waals surface area (Å²) in [5, 5.41) is 11.7. The van der Waals surface area contributed by atoms with Crippen LogP contribution < -0.4 is 5.32 Å². The number of likely N-dealkylation sites (N-methyl/N-ethyl adjacent to an activating group) is 1. The number of aromatic nitrogens is 2. The van der Waals surface area contributed by atoms with Crippen LogP contribution in [0.5, 0.6) is 0 Å². The molecule has 0 amide bonds. The summed E-state index contributed by atoms with van der Waals surface area (Å²) in [7, 11) is 4.05. The summed E-state index contributed by atoms with van der Waals surface area (Å²) in [6, 6.07) is 2.35. The lowest BCUT2D eigenvalue weighted by Crippen LogP contribution is -2.31. The number of hydrogen-bond donors (Lipinski definition) is 1. The maximum atomic E-state index is 8.54. The number of nitrogens with zero attached hydrogens (tertiary/aromatic N) is 4. The van der Waals surface area contributed by atoms with Gasteiger partial charge < -0.3 is 10.2 Å². The molecule has 5 heteroatoms. The number of nitrogens with one attached hydrogen (secondary N) is 1. The molecule has 0 saturated carbocycles. The SMILES string of the molecule is CC(CNc1cnc(C#N)cn1)N(C)C. The van der Waals surface area contributed by atoms with Crippen LogP contribution in [0.15, 0.2) is 12.4 Å². The van der Waals surface area contributed by atoms with E-state index in [2.05, 4.69) is 27.1 Å². The van der Waals surface area contributed by atoms with Crippen LogP contribution in [0.2, 0.25) is 0 Å². The lowest BCUT2D eigenvalue weighted by Gasteiger charge is -2.19. The van der Waals surface area contributed by atoms with Gasteiger partial charge in [0.05, 0.1) is 12.4 Å². The van der Waals surface area contributed by atoms with E-state index >= 15 is 0 Å². The van der Waals surface area contributed by atoms with Gasteiger partial charge in [-0.1, -0.05) is 0 Å². The Morgan fingerprint density at radius 2 is 2.20 bits per heavy atom. The second-order valence-corrected chi connectivity index (χ2v) is 3.59. The molecule has 0 bridgehead atoms. The average Bonchev–Trinajstić information content (AvgIpc) is 2.26. The van der Waals surface area contributed by atoms with Crippen molar-refractivity contribution >= 4 is 5.82 Å². The molecule has 1 aromatic heterocycles. The largest absolute Gasteiger partial charge is 0.367 e. The fourth-order valence-corrected chi connectivity index (χ4v) is 0.912. The van der Waals surface area contributed by atoms with Gasteiger partial charge in [0, 0.05) is 12.6 Å². The maximum absolute atomic E-state index is 8.54. The Balaban J connectivity index is 2.48. The topological polar surface area (TPSA) is 64.8 Å². The van der Waals surface area contributed by atoms with Gasteiger partial charge in [-0.05, 0) is 21.0 Å². The van der Waals surface area contributed by atoms with Crippen LogP contribution in [-0.4, -0.2) is 41.5 Å². The van der Waals surface area contributed by atoms with Crippen molar-refractivity contribution in [2.75, 3.05) is 26.0 Å². The fraction of sp³-hybridized carbons (Fsp3) is 0.500. The Hall–Kier alpha value is -1.67. The van der Waals surface area contributed by atoms with Crippen molar-refractivity contribution in [2.24, 2.45) is 0 Å². The molecule has 0 fully saturated rings. The fourth-order valence-electron chi connectivity index (χ4n) is 0.912. The zero-order valence-electron chi connectivity index (χ0n) is 9.23. The van der Waals surface area contributed by atoms with Crippen LogP contribution in [-0.2, 0) is 0 Å². The van der Waals surface area contributed by atoms with Crippen molar-refractivity contribution in [1.82, 2.24) is 14.9 Å². The molecule has 1 N–H and O–H groups in total. The van der Waals surface area contributed by atoms with Crippen molar-refractivity contribution in [1.29, 1.82) is 5.26 Å². The molecular formula is C10H15N5. The van der Waals surface area contributed by atoms with E-state index in [1.165, 1.54) is 6.20 Å². The number of rotatable bonds is 4. The van der Waals surface area contributed by atoms with E-state index in [9.17, 15) is 0 Å². The second kappa shape index (κ2) is 5.27. The van der Waals surface area contributed by atoms with Gasteiger partial charge in [-0.2, -0.15) is 5.26 Å². The highest BCUT2D eigenvalue weighted by atomic mass is 15.1. The third kappa shape index (κ3) is 3.52. The maximum Gasteiger partial charge on any atom is 0.158 e. The molecule has 1 aromatic rings. The standard InChI is InChI=1S/C10H15N5/c1-8(15(2)3)5-13-10-7-12-9(4-11)6-14-10/h6-8H,5H2,1-3H3,(H,13,14). The first-order valence-corrected chi connectivity index (χ1v) is 4.76. The zero-order valence-corrected chi connectivity index (χ0v) is 9.23. The lowest BCUT2D eigenvalue weighted by molar-refractivity contribution is 0.326. The highest BCUT2D eigenvalue weighted by molar-refractivity contribution is 5.33. The molecule has 0 aliphatic carbocycles. The molecule has 0 saturated heterocycles. The summed E-state index contributed by atoms with van der Waals surface area (Å²) in [6.07, 6.45) is 3.03. The minimum atomic E-state index is 0.334. The minimum absolute atomic E-state index is 0.334. The van der Waals surface area contributed by atoms with E-state index in [0.717, 1.165) is 6.54 Å². The smallest absolute Gasteiger partial charge is 0.158 e. The summed E-state index contributed by atoms with van der Waals surface area (Å²) in [5.74, 6) is 0.697. The van der Waals surface area contributed by atoms with E-state index < -0.39 is 0 Å². The third-order valence-corrected chi connectivity index (χ3v) is 2.23. The molecular weight excluding hydrogens is 190 g/mol. The summed E-state index contributed by atoms with van der Waals surface area (Å²) in [5.41, 5.74) is 0.334. The van der Waals surface area contributed by atoms with Crippen LogP contribution in [0.1, 0.15) is 12.6 Å². The molecule has 1 atom stereocenters. The molecule has 0 aliphatic rings. The first kappa shape index (κ1) is 11.4. The van der Waals surface area contributed by atoms with Gasteiger partial charge >= 0.3 is 0 Å². The average molecular weight is 205 g/mol. The molecule has 80 valence electrons. The van der Waals surface area contributed by atoms with Gasteiger partial charge in [0.15, 0.2) is 5.69 Å². The van der Waals surface area contributed by atoms with Crippen LogP contribution in [0, 0.1) is 11.3 Å². The van der Waals surface area contributed by atoms with Crippen LogP contribution in [0.25, 0.3) is 0 Å². The van der Waals surface area contributed by atoms with Crippen molar-refractivity contribution in [3.63, 3.8) is 0 Å². The molecule has 0 radical (unpaired) electrons. The van der Waals surface area contributed by atoms with Gasteiger partial charge in [0.25, 0.3) is 0 Å². The van der Waals surface area contributed by atoms with Gasteiger partial charge in [0.2, 0.25) is 0 Å². The highest BCUT2D eigenvalue weighted by Gasteiger charge is 2.04. The number of anilines is 1. The quantitative estimate of drug-likeness (QED) is 0.784. The molecule has 1 heterocycles. The predicted octanol–water partition coefficient (Wildman–Crippen LogP) is 0.710. The van der Waals surface area contributed by atoms with E-state index in [1.54, 1.807) is 6.20 Å². The van der Waals surface area contributed by atoms with Gasteiger partial charge in [0.1, 0.15) is 11.9 Å². The normalized spacial score (nSPS) is 12.2. The van der Waals surface area contributed by atoms with Gasteiger partial charge in [-0.25, -0.2) is 9.97 Å². The zero-order chi connectivity index (χ0) is 11.3. The Morgan fingerprint density at radius 1 is 1.47 bits per heavy atom. The predicted molar refractivity (Wildman–Crippen MR) is 58.4 cm³/mol. The van der Waals surface area contributed by atoms with E-state index in [4.69, 9.17) is 5.26 Å². The van der Waals surface area contributed by atoms with Crippen molar-refractivity contribution in [3.8, 4) is 6.07 Å². The van der Waals surface area contributed by atoms with Crippen LogP contribution >= 0.6 is 0 Å². The molecule has 1 unspecified atom stereocenters. The van der Waals surface area contributed by atoms with E-state index in [-0.39, 0.29) is 0 Å².